The first-order valence-corrected chi connectivity index (χ1v) is 7.26. The summed E-state index contributed by atoms with van der Waals surface area (Å²) in [5.41, 5.74) is 0.260. The molecule has 16 heavy (non-hydrogen) atoms. The molecule has 0 aromatic heterocycles. The van der Waals surface area contributed by atoms with E-state index in [2.05, 4.69) is 5.32 Å². The van der Waals surface area contributed by atoms with Crippen LogP contribution in [0.5, 0.6) is 0 Å². The van der Waals surface area contributed by atoms with Gasteiger partial charge in [0.2, 0.25) is 0 Å². The van der Waals surface area contributed by atoms with Gasteiger partial charge < -0.3 is 10.1 Å². The summed E-state index contributed by atoms with van der Waals surface area (Å²) in [6, 6.07) is 0.665. The van der Waals surface area contributed by atoms with Crippen LogP contribution < -0.4 is 5.32 Å². The number of hydrogen-bond acceptors (Lipinski definition) is 2. The largest absolute Gasteiger partial charge is 0.372 e. The lowest BCUT2D eigenvalue weighted by Gasteiger charge is -2.51. The fourth-order valence-corrected chi connectivity index (χ4v) is 3.85. The van der Waals surface area contributed by atoms with E-state index < -0.39 is 0 Å². The Balaban J connectivity index is 1.58. The SMILES string of the molecule is C1CCC(CC2NCCOC23CCC3)CC1. The van der Waals surface area contributed by atoms with Crippen molar-refractivity contribution in [3.63, 3.8) is 0 Å². The van der Waals surface area contributed by atoms with E-state index in [9.17, 15) is 0 Å². The molecular formula is C14H25NO. The molecule has 3 rings (SSSR count). The van der Waals surface area contributed by atoms with E-state index in [-0.39, 0.29) is 5.60 Å². The average Bonchev–Trinajstić information content (AvgIpc) is 2.29. The Morgan fingerprint density at radius 1 is 1.06 bits per heavy atom. The first-order chi connectivity index (χ1) is 7.89. The van der Waals surface area contributed by atoms with E-state index in [4.69, 9.17) is 4.74 Å². The van der Waals surface area contributed by atoms with Crippen molar-refractivity contribution >= 4 is 0 Å². The van der Waals surface area contributed by atoms with Gasteiger partial charge in [-0.1, -0.05) is 32.1 Å². The summed E-state index contributed by atoms with van der Waals surface area (Å²) in [5.74, 6) is 0.977. The van der Waals surface area contributed by atoms with Gasteiger partial charge in [-0.15, -0.1) is 0 Å². The lowest BCUT2D eigenvalue weighted by Crippen LogP contribution is -2.62. The van der Waals surface area contributed by atoms with Crippen LogP contribution in [0.25, 0.3) is 0 Å². The number of morpholine rings is 1. The minimum atomic E-state index is 0.260. The van der Waals surface area contributed by atoms with E-state index in [1.165, 1.54) is 57.8 Å². The van der Waals surface area contributed by atoms with Crippen LogP contribution in [-0.4, -0.2) is 24.8 Å². The minimum absolute atomic E-state index is 0.260. The predicted octanol–water partition coefficient (Wildman–Crippen LogP) is 2.87. The van der Waals surface area contributed by atoms with Crippen molar-refractivity contribution in [1.82, 2.24) is 5.32 Å². The third-order valence-corrected chi connectivity index (χ3v) is 5.01. The van der Waals surface area contributed by atoms with E-state index in [1.54, 1.807) is 0 Å². The van der Waals surface area contributed by atoms with Crippen molar-refractivity contribution in [2.24, 2.45) is 5.92 Å². The number of ether oxygens (including phenoxy) is 1. The maximum absolute atomic E-state index is 6.09. The summed E-state index contributed by atoms with van der Waals surface area (Å²) in [6.45, 7) is 2.00. The number of nitrogens with one attached hydrogen (secondary N) is 1. The molecule has 1 heterocycles. The van der Waals surface area contributed by atoms with Gasteiger partial charge in [-0.25, -0.2) is 0 Å². The van der Waals surface area contributed by atoms with Crippen molar-refractivity contribution in [3.8, 4) is 0 Å². The van der Waals surface area contributed by atoms with Crippen molar-refractivity contribution in [1.29, 1.82) is 0 Å². The van der Waals surface area contributed by atoms with E-state index in [1.807, 2.05) is 0 Å². The lowest BCUT2D eigenvalue weighted by atomic mass is 9.70. The molecule has 0 aromatic carbocycles. The molecule has 2 nitrogen and oxygen atoms in total. The molecular weight excluding hydrogens is 198 g/mol. The molecule has 0 aromatic rings. The lowest BCUT2D eigenvalue weighted by molar-refractivity contribution is -0.148. The van der Waals surface area contributed by atoms with Gasteiger partial charge in [-0.05, 0) is 31.6 Å². The Morgan fingerprint density at radius 3 is 2.56 bits per heavy atom. The normalized spacial score (nSPS) is 34.9. The second-order valence-corrected chi connectivity index (χ2v) is 6.01. The van der Waals surface area contributed by atoms with Crippen molar-refractivity contribution in [2.45, 2.75) is 69.4 Å². The minimum Gasteiger partial charge on any atom is -0.372 e. The maximum Gasteiger partial charge on any atom is 0.0835 e. The summed E-state index contributed by atoms with van der Waals surface area (Å²) in [7, 11) is 0. The van der Waals surface area contributed by atoms with Crippen LogP contribution in [-0.2, 0) is 4.74 Å². The van der Waals surface area contributed by atoms with Crippen LogP contribution in [0.4, 0.5) is 0 Å². The van der Waals surface area contributed by atoms with Crippen LogP contribution in [0.15, 0.2) is 0 Å². The molecule has 1 unspecified atom stereocenters. The molecule has 2 saturated carbocycles. The summed E-state index contributed by atoms with van der Waals surface area (Å²) >= 11 is 0. The molecule has 1 aliphatic heterocycles. The van der Waals surface area contributed by atoms with Gasteiger partial charge >= 0.3 is 0 Å². The quantitative estimate of drug-likeness (QED) is 0.777. The summed E-state index contributed by atoms with van der Waals surface area (Å²) in [6.07, 6.45) is 12.7. The van der Waals surface area contributed by atoms with E-state index in [0.717, 1.165) is 19.1 Å². The van der Waals surface area contributed by atoms with Gasteiger partial charge in [-0.3, -0.25) is 0 Å². The second kappa shape index (κ2) is 4.66. The average molecular weight is 223 g/mol. The first kappa shape index (κ1) is 11.0. The zero-order chi connectivity index (χ0) is 10.8. The van der Waals surface area contributed by atoms with Crippen LogP contribution >= 0.6 is 0 Å². The molecule has 0 amide bonds. The summed E-state index contributed by atoms with van der Waals surface area (Å²) < 4.78 is 6.09. The number of rotatable bonds is 2. The highest BCUT2D eigenvalue weighted by Crippen LogP contribution is 2.43. The molecule has 1 saturated heterocycles. The fraction of sp³-hybridized carbons (Fsp3) is 1.00. The molecule has 0 radical (unpaired) electrons. The molecule has 1 N–H and O–H groups in total. The van der Waals surface area contributed by atoms with Gasteiger partial charge in [0.1, 0.15) is 0 Å². The monoisotopic (exact) mass is 223 g/mol. The Bertz CT molecular complexity index is 231. The molecule has 1 atom stereocenters. The van der Waals surface area contributed by atoms with Crippen molar-refractivity contribution in [2.75, 3.05) is 13.2 Å². The smallest absolute Gasteiger partial charge is 0.0835 e. The molecule has 3 aliphatic rings. The zero-order valence-corrected chi connectivity index (χ0v) is 10.3. The van der Waals surface area contributed by atoms with Crippen molar-refractivity contribution < 1.29 is 4.74 Å². The van der Waals surface area contributed by atoms with Gasteiger partial charge in [0.15, 0.2) is 0 Å². The Labute approximate surface area is 99.1 Å². The Morgan fingerprint density at radius 2 is 1.88 bits per heavy atom. The first-order valence-electron chi connectivity index (χ1n) is 7.26. The highest BCUT2D eigenvalue weighted by atomic mass is 16.5. The summed E-state index contributed by atoms with van der Waals surface area (Å²) in [4.78, 5) is 0. The van der Waals surface area contributed by atoms with Crippen molar-refractivity contribution in [3.05, 3.63) is 0 Å². The third kappa shape index (κ3) is 2.02. The summed E-state index contributed by atoms with van der Waals surface area (Å²) in [5, 5.41) is 3.73. The predicted molar refractivity (Wildman–Crippen MR) is 65.5 cm³/mol. The van der Waals surface area contributed by atoms with Gasteiger partial charge in [-0.2, -0.15) is 0 Å². The molecule has 92 valence electrons. The van der Waals surface area contributed by atoms with E-state index >= 15 is 0 Å². The van der Waals surface area contributed by atoms with Gasteiger partial charge in [0.25, 0.3) is 0 Å². The molecule has 0 bridgehead atoms. The van der Waals surface area contributed by atoms with Crippen LogP contribution in [0.3, 0.4) is 0 Å². The molecule has 2 heteroatoms. The van der Waals surface area contributed by atoms with E-state index in [0.29, 0.717) is 6.04 Å². The van der Waals surface area contributed by atoms with Gasteiger partial charge in [0.05, 0.1) is 12.2 Å². The highest BCUT2D eigenvalue weighted by molar-refractivity contribution is 5.02. The van der Waals surface area contributed by atoms with Crippen LogP contribution in [0.2, 0.25) is 0 Å². The molecule has 3 fully saturated rings. The van der Waals surface area contributed by atoms with Gasteiger partial charge in [0, 0.05) is 12.6 Å². The Kier molecular flexibility index (Phi) is 3.21. The third-order valence-electron chi connectivity index (χ3n) is 5.01. The van der Waals surface area contributed by atoms with Crippen LogP contribution in [0.1, 0.15) is 57.8 Å². The zero-order valence-electron chi connectivity index (χ0n) is 10.3. The second-order valence-electron chi connectivity index (χ2n) is 6.01. The molecule has 2 aliphatic carbocycles. The maximum atomic E-state index is 6.09. The topological polar surface area (TPSA) is 21.3 Å². The van der Waals surface area contributed by atoms with Crippen LogP contribution in [0, 0.1) is 5.92 Å². The highest BCUT2D eigenvalue weighted by Gasteiger charge is 2.47. The Hall–Kier alpha value is -0.0800. The standard InChI is InChI=1S/C14H25NO/c1-2-5-12(6-3-1)11-13-14(7-4-8-14)16-10-9-15-13/h12-13,15H,1-11H2. The fourth-order valence-electron chi connectivity index (χ4n) is 3.85. The molecule has 1 spiro atoms. The number of hydrogen-bond donors (Lipinski definition) is 1.